The average molecular weight is 408 g/mol. The van der Waals surface area contributed by atoms with Crippen molar-refractivity contribution < 1.29 is 13.5 Å². The predicted octanol–water partition coefficient (Wildman–Crippen LogP) is 4.14. The second-order valence-corrected chi connectivity index (χ2v) is 7.95. The van der Waals surface area contributed by atoms with E-state index in [0.29, 0.717) is 29.9 Å². The van der Waals surface area contributed by atoms with Crippen molar-refractivity contribution in [3.63, 3.8) is 0 Å². The van der Waals surface area contributed by atoms with Gasteiger partial charge in [-0.2, -0.15) is 0 Å². The first kappa shape index (κ1) is 18.9. The summed E-state index contributed by atoms with van der Waals surface area (Å²) in [4.78, 5) is 15.0. The van der Waals surface area contributed by atoms with E-state index in [1.54, 1.807) is 12.1 Å². The fourth-order valence-corrected chi connectivity index (χ4v) is 4.37. The number of hydrogen-bond donors (Lipinski definition) is 0. The van der Waals surface area contributed by atoms with Crippen molar-refractivity contribution in [1.82, 2.24) is 15.0 Å². The lowest BCUT2D eigenvalue weighted by Crippen LogP contribution is -2.27. The first-order chi connectivity index (χ1) is 14.6. The first-order valence-electron chi connectivity index (χ1n) is 10.2. The molecule has 1 aliphatic heterocycles. The molecule has 154 valence electrons. The Morgan fingerprint density at radius 1 is 1.03 bits per heavy atom. The number of fused-ring (bicyclic) bond motifs is 1. The number of aryl methyl sites for hydroxylation is 1. The van der Waals surface area contributed by atoms with Gasteiger partial charge in [0.15, 0.2) is 0 Å². The Morgan fingerprint density at radius 3 is 2.27 bits per heavy atom. The molecule has 30 heavy (non-hydrogen) atoms. The molecule has 0 spiro atoms. The fraction of sp³-hybridized carbons (Fsp3) is 0.348. The molecular weight excluding hydrogens is 386 g/mol. The third-order valence-corrected chi connectivity index (χ3v) is 6.18. The molecule has 0 N–H and O–H groups in total. The molecule has 1 saturated carbocycles. The Balaban J connectivity index is 1.19. The summed E-state index contributed by atoms with van der Waals surface area (Å²) in [6, 6.07) is 5.68. The number of benzene rings is 1. The van der Waals surface area contributed by atoms with Crippen molar-refractivity contribution in [1.29, 1.82) is 0 Å². The Morgan fingerprint density at radius 2 is 1.67 bits per heavy atom. The van der Waals surface area contributed by atoms with Gasteiger partial charge in [0.05, 0.1) is 12.2 Å². The molecule has 1 saturated heterocycles. The lowest BCUT2D eigenvalue weighted by molar-refractivity contribution is 0.280. The van der Waals surface area contributed by atoms with Gasteiger partial charge in [-0.15, -0.1) is 0 Å². The van der Waals surface area contributed by atoms with Crippen LogP contribution in [0.4, 0.5) is 14.7 Å². The lowest BCUT2D eigenvalue weighted by atomic mass is 10.1. The van der Waals surface area contributed by atoms with Crippen molar-refractivity contribution in [3.05, 3.63) is 66.3 Å². The number of pyridine rings is 1. The summed E-state index contributed by atoms with van der Waals surface area (Å²) in [5.74, 6) is 1.17. The van der Waals surface area contributed by atoms with Crippen LogP contribution in [0.1, 0.15) is 12.5 Å². The maximum absolute atomic E-state index is 14.5. The van der Waals surface area contributed by atoms with Crippen molar-refractivity contribution in [2.45, 2.75) is 13.3 Å². The van der Waals surface area contributed by atoms with E-state index in [2.05, 4.69) is 26.8 Å². The van der Waals surface area contributed by atoms with E-state index >= 15 is 0 Å². The molecule has 3 heterocycles. The number of nitrogens with zero attached hydrogens (tertiary/aromatic N) is 4. The number of aromatic nitrogens is 3. The number of anilines is 1. The van der Waals surface area contributed by atoms with E-state index in [-0.39, 0.29) is 11.3 Å². The van der Waals surface area contributed by atoms with E-state index in [1.165, 1.54) is 24.5 Å². The van der Waals surface area contributed by atoms with Crippen LogP contribution in [0.25, 0.3) is 11.1 Å². The van der Waals surface area contributed by atoms with E-state index in [0.717, 1.165) is 31.0 Å². The molecule has 5 nitrogen and oxygen atoms in total. The monoisotopic (exact) mass is 408 g/mol. The Bertz CT molecular complexity index is 1010. The fourth-order valence-electron chi connectivity index (χ4n) is 4.37. The zero-order chi connectivity index (χ0) is 20.7. The zero-order valence-corrected chi connectivity index (χ0v) is 16.6. The van der Waals surface area contributed by atoms with Crippen LogP contribution in [0.2, 0.25) is 0 Å². The van der Waals surface area contributed by atoms with Crippen LogP contribution in [0, 0.1) is 29.4 Å². The predicted molar refractivity (Wildman–Crippen MR) is 109 cm³/mol. The van der Waals surface area contributed by atoms with Crippen LogP contribution in [-0.4, -0.2) is 34.6 Å². The number of rotatable bonds is 6. The lowest BCUT2D eigenvalue weighted by Gasteiger charge is -2.20. The van der Waals surface area contributed by atoms with Crippen molar-refractivity contribution in [2.75, 3.05) is 24.6 Å². The Hall–Kier alpha value is -3.09. The van der Waals surface area contributed by atoms with E-state index in [4.69, 9.17) is 4.74 Å². The highest BCUT2D eigenvalue weighted by atomic mass is 19.1. The smallest absolute Gasteiger partial charge is 0.225 e. The van der Waals surface area contributed by atoms with Gasteiger partial charge in [0.25, 0.3) is 0 Å². The standard InChI is InChI=1S/C23H22F2N4O/c1-2-14-9-27-23(28-10-14)29-11-17-18(12-29)19(17)13-30-16-7-20(24)22(21(25)8-16)15-3-5-26-6-4-15/h3-10,17-19H,2,11-13H2,1H3/t17-,18?,19?/m1/s1. The molecule has 1 aromatic carbocycles. The van der Waals surface area contributed by atoms with Crippen LogP contribution >= 0.6 is 0 Å². The Kier molecular flexibility index (Phi) is 4.81. The zero-order valence-electron chi connectivity index (χ0n) is 16.6. The summed E-state index contributed by atoms with van der Waals surface area (Å²) >= 11 is 0. The van der Waals surface area contributed by atoms with E-state index in [9.17, 15) is 8.78 Å². The largest absolute Gasteiger partial charge is 0.493 e. The molecule has 0 radical (unpaired) electrons. The third kappa shape index (κ3) is 3.49. The SMILES string of the molecule is CCc1cnc(N2CC3C(COc4cc(F)c(-c5ccncc5)c(F)c4)[C@@H]3C2)nc1. The summed E-state index contributed by atoms with van der Waals surface area (Å²) in [6.45, 7) is 4.34. The maximum Gasteiger partial charge on any atom is 0.225 e. The van der Waals surface area contributed by atoms with Gasteiger partial charge in [-0.25, -0.2) is 18.7 Å². The summed E-state index contributed by atoms with van der Waals surface area (Å²) < 4.78 is 34.7. The van der Waals surface area contributed by atoms with E-state index in [1.807, 2.05) is 12.4 Å². The highest BCUT2D eigenvalue weighted by molar-refractivity contribution is 5.65. The molecule has 2 aliphatic rings. The molecule has 7 heteroatoms. The minimum atomic E-state index is -0.633. The van der Waals surface area contributed by atoms with Gasteiger partial charge in [0, 0.05) is 55.9 Å². The minimum absolute atomic E-state index is 0.0576. The highest BCUT2D eigenvalue weighted by Crippen LogP contribution is 2.52. The Labute approximate surface area is 173 Å². The molecule has 0 amide bonds. The molecule has 2 unspecified atom stereocenters. The van der Waals surface area contributed by atoms with Crippen LogP contribution in [-0.2, 0) is 6.42 Å². The average Bonchev–Trinajstić information content (AvgIpc) is 3.21. The normalized spacial score (nSPS) is 22.1. The topological polar surface area (TPSA) is 51.1 Å². The summed E-state index contributed by atoms with van der Waals surface area (Å²) in [5, 5.41) is 0. The van der Waals surface area contributed by atoms with Crippen molar-refractivity contribution >= 4 is 5.95 Å². The van der Waals surface area contributed by atoms with Crippen LogP contribution in [0.5, 0.6) is 5.75 Å². The molecule has 3 aromatic rings. The van der Waals surface area contributed by atoms with Crippen LogP contribution < -0.4 is 9.64 Å². The third-order valence-electron chi connectivity index (χ3n) is 6.18. The second-order valence-electron chi connectivity index (χ2n) is 7.95. The van der Waals surface area contributed by atoms with Gasteiger partial charge in [-0.1, -0.05) is 6.92 Å². The van der Waals surface area contributed by atoms with E-state index < -0.39 is 11.6 Å². The van der Waals surface area contributed by atoms with Gasteiger partial charge in [0.2, 0.25) is 5.95 Å². The number of hydrogen-bond acceptors (Lipinski definition) is 5. The van der Waals surface area contributed by atoms with Crippen molar-refractivity contribution in [3.8, 4) is 16.9 Å². The van der Waals surface area contributed by atoms with Gasteiger partial charge < -0.3 is 9.64 Å². The second kappa shape index (κ2) is 7.63. The first-order valence-corrected chi connectivity index (χ1v) is 10.2. The molecule has 3 atom stereocenters. The molecule has 1 aliphatic carbocycles. The van der Waals surface area contributed by atoms with Gasteiger partial charge in [-0.05, 0) is 41.5 Å². The van der Waals surface area contributed by atoms with Crippen LogP contribution in [0.3, 0.4) is 0 Å². The number of piperidine rings is 1. The molecule has 2 fully saturated rings. The molecule has 2 aromatic heterocycles. The highest BCUT2D eigenvalue weighted by Gasteiger charge is 2.56. The van der Waals surface area contributed by atoms with Gasteiger partial charge >= 0.3 is 0 Å². The van der Waals surface area contributed by atoms with Gasteiger partial charge in [-0.3, -0.25) is 4.98 Å². The molecule has 5 rings (SSSR count). The number of ether oxygens (including phenoxy) is 1. The quantitative estimate of drug-likeness (QED) is 0.614. The summed E-state index contributed by atoms with van der Waals surface area (Å²) in [6.07, 6.45) is 7.71. The van der Waals surface area contributed by atoms with Crippen LogP contribution in [0.15, 0.2) is 49.1 Å². The summed E-state index contributed by atoms with van der Waals surface area (Å²) in [5.41, 5.74) is 1.53. The maximum atomic E-state index is 14.5. The molecule has 0 bridgehead atoms. The minimum Gasteiger partial charge on any atom is -0.493 e. The number of halogens is 2. The summed E-state index contributed by atoms with van der Waals surface area (Å²) in [7, 11) is 0. The molecular formula is C23H22F2N4O. The van der Waals surface area contributed by atoms with Crippen molar-refractivity contribution in [2.24, 2.45) is 17.8 Å². The van der Waals surface area contributed by atoms with Gasteiger partial charge in [0.1, 0.15) is 17.4 Å².